The molecule has 7 heteroatoms. The van der Waals surface area contributed by atoms with Crippen molar-refractivity contribution in [2.75, 3.05) is 31.1 Å². The van der Waals surface area contributed by atoms with Gasteiger partial charge in [0, 0.05) is 37.1 Å². The Balaban J connectivity index is 1.37. The molecule has 0 spiro atoms. The van der Waals surface area contributed by atoms with Crippen LogP contribution in [0.5, 0.6) is 0 Å². The quantitative estimate of drug-likeness (QED) is 0.317. The van der Waals surface area contributed by atoms with Crippen LogP contribution >= 0.6 is 0 Å². The molecule has 1 fully saturated rings. The van der Waals surface area contributed by atoms with Gasteiger partial charge in [-0.3, -0.25) is 4.79 Å². The number of hydrogen-bond donors (Lipinski definition) is 0. The standard InChI is InChI=1S/C31H32N6O/c1-3-24(23-13-5-4-6-14-23)30(38)35-18-11-19-36(21-20-35)31-32-27-17-10-9-16-26(27)29-34-33-28(37(29)31)25-15-8-7-12-22(25)2/h4-10,12-17,24H,3,11,18-21H2,1-2H3. The third-order valence-corrected chi connectivity index (χ3v) is 7.61. The zero-order valence-corrected chi connectivity index (χ0v) is 21.9. The second kappa shape index (κ2) is 10.2. The number of para-hydroxylation sites is 1. The second-order valence-corrected chi connectivity index (χ2v) is 9.96. The van der Waals surface area contributed by atoms with Crippen molar-refractivity contribution in [3.63, 3.8) is 0 Å². The molecule has 38 heavy (non-hydrogen) atoms. The van der Waals surface area contributed by atoms with Gasteiger partial charge in [-0.1, -0.05) is 73.7 Å². The molecule has 7 nitrogen and oxygen atoms in total. The normalized spacial score (nSPS) is 15.1. The zero-order valence-electron chi connectivity index (χ0n) is 21.9. The summed E-state index contributed by atoms with van der Waals surface area (Å²) in [6.07, 6.45) is 1.66. The summed E-state index contributed by atoms with van der Waals surface area (Å²) < 4.78 is 2.10. The molecular weight excluding hydrogens is 472 g/mol. The number of amides is 1. The number of nitrogens with zero attached hydrogens (tertiary/aromatic N) is 6. The molecular formula is C31H32N6O. The van der Waals surface area contributed by atoms with E-state index in [4.69, 9.17) is 4.98 Å². The van der Waals surface area contributed by atoms with Crippen molar-refractivity contribution in [1.82, 2.24) is 24.5 Å². The van der Waals surface area contributed by atoms with Gasteiger partial charge in [0.15, 0.2) is 11.5 Å². The predicted octanol–water partition coefficient (Wildman–Crippen LogP) is 5.49. The minimum atomic E-state index is -0.112. The maximum absolute atomic E-state index is 13.6. The summed E-state index contributed by atoms with van der Waals surface area (Å²) in [5.74, 6) is 1.71. The molecule has 3 heterocycles. The van der Waals surface area contributed by atoms with E-state index in [-0.39, 0.29) is 11.8 Å². The Labute approximate surface area is 222 Å². The Morgan fingerprint density at radius 1 is 0.868 bits per heavy atom. The molecule has 1 saturated heterocycles. The van der Waals surface area contributed by atoms with Crippen molar-refractivity contribution in [2.45, 2.75) is 32.6 Å². The van der Waals surface area contributed by atoms with Gasteiger partial charge < -0.3 is 9.80 Å². The minimum Gasteiger partial charge on any atom is -0.340 e. The Morgan fingerprint density at radius 3 is 2.45 bits per heavy atom. The summed E-state index contributed by atoms with van der Waals surface area (Å²) in [4.78, 5) is 23.1. The number of carbonyl (C=O) groups excluding carboxylic acids is 1. The number of aromatic nitrogens is 4. The largest absolute Gasteiger partial charge is 0.340 e. The molecule has 1 aliphatic rings. The van der Waals surface area contributed by atoms with Crippen LogP contribution in [-0.2, 0) is 4.79 Å². The van der Waals surface area contributed by atoms with Gasteiger partial charge >= 0.3 is 0 Å². The van der Waals surface area contributed by atoms with Crippen molar-refractivity contribution in [3.8, 4) is 11.4 Å². The molecule has 0 saturated carbocycles. The average Bonchev–Trinajstić information content (AvgIpc) is 3.24. The van der Waals surface area contributed by atoms with E-state index in [1.165, 1.54) is 0 Å². The topological polar surface area (TPSA) is 66.6 Å². The highest BCUT2D eigenvalue weighted by atomic mass is 16.2. The second-order valence-electron chi connectivity index (χ2n) is 9.96. The number of aryl methyl sites for hydroxylation is 1. The molecule has 1 amide bonds. The SMILES string of the molecule is CCC(C(=O)N1CCCN(c2nc3ccccc3c3nnc(-c4ccccc4C)n23)CC1)c1ccccc1. The molecule has 0 aliphatic carbocycles. The van der Waals surface area contributed by atoms with Crippen LogP contribution in [0.15, 0.2) is 78.9 Å². The van der Waals surface area contributed by atoms with E-state index in [1.54, 1.807) is 0 Å². The maximum atomic E-state index is 13.6. The average molecular weight is 505 g/mol. The van der Waals surface area contributed by atoms with Gasteiger partial charge in [-0.05, 0) is 43.0 Å². The smallest absolute Gasteiger partial charge is 0.230 e. The third kappa shape index (κ3) is 4.28. The third-order valence-electron chi connectivity index (χ3n) is 7.61. The van der Waals surface area contributed by atoms with Crippen molar-refractivity contribution in [2.24, 2.45) is 0 Å². The highest BCUT2D eigenvalue weighted by Crippen LogP contribution is 2.30. The number of rotatable bonds is 5. The maximum Gasteiger partial charge on any atom is 0.230 e. The fourth-order valence-electron chi connectivity index (χ4n) is 5.57. The van der Waals surface area contributed by atoms with Crippen LogP contribution in [0, 0.1) is 6.92 Å². The molecule has 2 aromatic heterocycles. The van der Waals surface area contributed by atoms with Crippen LogP contribution in [0.2, 0.25) is 0 Å². The summed E-state index contributed by atoms with van der Waals surface area (Å²) in [5, 5.41) is 10.3. The van der Waals surface area contributed by atoms with Gasteiger partial charge in [0.25, 0.3) is 0 Å². The lowest BCUT2D eigenvalue weighted by atomic mass is 9.95. The van der Waals surface area contributed by atoms with Gasteiger partial charge in [-0.15, -0.1) is 10.2 Å². The van der Waals surface area contributed by atoms with Crippen LogP contribution in [-0.4, -0.2) is 56.6 Å². The molecule has 3 aromatic carbocycles. The lowest BCUT2D eigenvalue weighted by Crippen LogP contribution is -2.38. The summed E-state index contributed by atoms with van der Waals surface area (Å²) in [6, 6.07) is 26.5. The molecule has 0 N–H and O–H groups in total. The lowest BCUT2D eigenvalue weighted by molar-refractivity contribution is -0.132. The molecule has 1 atom stereocenters. The van der Waals surface area contributed by atoms with E-state index in [1.807, 2.05) is 53.4 Å². The number of fused-ring (bicyclic) bond motifs is 3. The molecule has 0 radical (unpaired) electrons. The number of anilines is 1. The molecule has 5 aromatic rings. The van der Waals surface area contributed by atoms with E-state index in [0.717, 1.165) is 70.9 Å². The predicted molar refractivity (Wildman–Crippen MR) is 151 cm³/mol. The first-order valence-electron chi connectivity index (χ1n) is 13.4. The summed E-state index contributed by atoms with van der Waals surface area (Å²) >= 11 is 0. The van der Waals surface area contributed by atoms with Gasteiger partial charge in [-0.25, -0.2) is 9.38 Å². The van der Waals surface area contributed by atoms with Gasteiger partial charge in [0.1, 0.15) is 0 Å². The first kappa shape index (κ1) is 24.1. The fraction of sp³-hybridized carbons (Fsp3) is 0.290. The highest BCUT2D eigenvalue weighted by molar-refractivity contribution is 5.93. The highest BCUT2D eigenvalue weighted by Gasteiger charge is 2.28. The van der Waals surface area contributed by atoms with E-state index >= 15 is 0 Å². The van der Waals surface area contributed by atoms with Gasteiger partial charge in [-0.2, -0.15) is 0 Å². The first-order valence-corrected chi connectivity index (χ1v) is 13.4. The Bertz CT molecular complexity index is 1590. The van der Waals surface area contributed by atoms with Gasteiger partial charge in [0.05, 0.1) is 11.4 Å². The molecule has 1 aliphatic heterocycles. The van der Waals surface area contributed by atoms with Crippen molar-refractivity contribution in [3.05, 3.63) is 90.0 Å². The number of hydrogen-bond acceptors (Lipinski definition) is 5. The van der Waals surface area contributed by atoms with Crippen LogP contribution < -0.4 is 4.90 Å². The van der Waals surface area contributed by atoms with E-state index in [0.29, 0.717) is 13.1 Å². The Hall–Kier alpha value is -4.26. The van der Waals surface area contributed by atoms with E-state index in [9.17, 15) is 4.79 Å². The molecule has 6 rings (SSSR count). The first-order chi connectivity index (χ1) is 18.7. The lowest BCUT2D eigenvalue weighted by Gasteiger charge is -2.27. The molecule has 192 valence electrons. The van der Waals surface area contributed by atoms with Crippen molar-refractivity contribution >= 4 is 28.4 Å². The van der Waals surface area contributed by atoms with Crippen LogP contribution in [0.1, 0.15) is 36.8 Å². The monoisotopic (exact) mass is 504 g/mol. The molecule has 1 unspecified atom stereocenters. The van der Waals surface area contributed by atoms with Crippen molar-refractivity contribution < 1.29 is 4.79 Å². The van der Waals surface area contributed by atoms with Gasteiger partial charge in [0.2, 0.25) is 11.9 Å². The minimum absolute atomic E-state index is 0.112. The van der Waals surface area contributed by atoms with Crippen LogP contribution in [0.4, 0.5) is 5.95 Å². The Morgan fingerprint density at radius 2 is 1.63 bits per heavy atom. The summed E-state index contributed by atoms with van der Waals surface area (Å²) in [5.41, 5.74) is 4.97. The summed E-state index contributed by atoms with van der Waals surface area (Å²) in [6.45, 7) is 7.08. The molecule has 0 bridgehead atoms. The van der Waals surface area contributed by atoms with E-state index < -0.39 is 0 Å². The number of benzene rings is 3. The number of carbonyl (C=O) groups is 1. The fourth-order valence-corrected chi connectivity index (χ4v) is 5.57. The Kier molecular flexibility index (Phi) is 6.50. The zero-order chi connectivity index (χ0) is 26.1. The summed E-state index contributed by atoms with van der Waals surface area (Å²) in [7, 11) is 0. The van der Waals surface area contributed by atoms with Crippen LogP contribution in [0.25, 0.3) is 27.9 Å². The van der Waals surface area contributed by atoms with Crippen LogP contribution in [0.3, 0.4) is 0 Å². The van der Waals surface area contributed by atoms with E-state index in [2.05, 4.69) is 63.7 Å². The van der Waals surface area contributed by atoms with Crippen molar-refractivity contribution in [1.29, 1.82) is 0 Å².